The fraction of sp³-hybridized carbons (Fsp3) is 0.565. The fourth-order valence-corrected chi connectivity index (χ4v) is 3.15. The Bertz CT molecular complexity index is 844. The SMILES string of the molecule is CCC(C)C(NC(=O)C(NC(=O)C(Cc1ccc(O)cc1)NC(=O)C(N)CO)C(C)C)C(=O)O. The van der Waals surface area contributed by atoms with Crippen molar-refractivity contribution in [2.45, 2.75) is 64.7 Å². The summed E-state index contributed by atoms with van der Waals surface area (Å²) in [6, 6.07) is 1.43. The maximum Gasteiger partial charge on any atom is 0.326 e. The minimum Gasteiger partial charge on any atom is -0.508 e. The van der Waals surface area contributed by atoms with Crippen LogP contribution < -0.4 is 21.7 Å². The van der Waals surface area contributed by atoms with Gasteiger partial charge in [-0.05, 0) is 29.5 Å². The number of nitrogens with two attached hydrogens (primary N) is 1. The molecule has 0 aliphatic rings. The summed E-state index contributed by atoms with van der Waals surface area (Å²) in [5, 5.41) is 35.7. The molecule has 0 aliphatic heterocycles. The summed E-state index contributed by atoms with van der Waals surface area (Å²) < 4.78 is 0. The summed E-state index contributed by atoms with van der Waals surface area (Å²) in [5.74, 6) is -3.95. The number of aromatic hydroxyl groups is 1. The second-order valence-corrected chi connectivity index (χ2v) is 8.66. The Hall–Kier alpha value is -3.18. The summed E-state index contributed by atoms with van der Waals surface area (Å²) in [4.78, 5) is 49.9. The Balaban J connectivity index is 3.09. The van der Waals surface area contributed by atoms with Gasteiger partial charge in [-0.3, -0.25) is 14.4 Å². The molecular formula is C23H36N4O7. The molecule has 3 amide bonds. The lowest BCUT2D eigenvalue weighted by Gasteiger charge is -2.28. The van der Waals surface area contributed by atoms with Gasteiger partial charge in [-0.1, -0.05) is 46.2 Å². The van der Waals surface area contributed by atoms with Gasteiger partial charge in [-0.15, -0.1) is 0 Å². The van der Waals surface area contributed by atoms with Crippen molar-refractivity contribution in [3.8, 4) is 5.75 Å². The van der Waals surface area contributed by atoms with Gasteiger partial charge in [0.1, 0.15) is 29.9 Å². The van der Waals surface area contributed by atoms with Crippen molar-refractivity contribution < 1.29 is 34.5 Å². The highest BCUT2D eigenvalue weighted by molar-refractivity contribution is 5.94. The number of rotatable bonds is 13. The molecule has 0 fully saturated rings. The lowest BCUT2D eigenvalue weighted by Crippen LogP contribution is -2.59. The summed E-state index contributed by atoms with van der Waals surface area (Å²) in [6.45, 7) is 6.28. The van der Waals surface area contributed by atoms with Gasteiger partial charge in [0.2, 0.25) is 17.7 Å². The summed E-state index contributed by atoms with van der Waals surface area (Å²) >= 11 is 0. The van der Waals surface area contributed by atoms with E-state index in [9.17, 15) is 29.4 Å². The molecule has 11 heteroatoms. The van der Waals surface area contributed by atoms with E-state index in [0.29, 0.717) is 12.0 Å². The first-order valence-corrected chi connectivity index (χ1v) is 11.2. The van der Waals surface area contributed by atoms with Crippen LogP contribution in [0.25, 0.3) is 0 Å². The Morgan fingerprint density at radius 1 is 0.912 bits per heavy atom. The number of carboxylic acid groups (broad SMARTS) is 1. The van der Waals surface area contributed by atoms with Gasteiger partial charge in [-0.25, -0.2) is 4.79 Å². The summed E-state index contributed by atoms with van der Waals surface area (Å²) in [5.41, 5.74) is 6.17. The zero-order valence-corrected chi connectivity index (χ0v) is 19.9. The van der Waals surface area contributed by atoms with Gasteiger partial charge < -0.3 is 37.0 Å². The lowest BCUT2D eigenvalue weighted by atomic mass is 9.97. The predicted octanol–water partition coefficient (Wildman–Crippen LogP) is -0.505. The maximum atomic E-state index is 13.1. The number of carbonyl (C=O) groups excluding carboxylic acids is 3. The number of carbonyl (C=O) groups is 4. The summed E-state index contributed by atoms with van der Waals surface area (Å²) in [6.07, 6.45) is 0.550. The van der Waals surface area contributed by atoms with Gasteiger partial charge in [0, 0.05) is 6.42 Å². The molecule has 190 valence electrons. The first-order chi connectivity index (χ1) is 15.9. The molecule has 5 unspecified atom stereocenters. The second kappa shape index (κ2) is 13.5. The van der Waals surface area contributed by atoms with Crippen LogP contribution in [0.2, 0.25) is 0 Å². The summed E-state index contributed by atoms with van der Waals surface area (Å²) in [7, 11) is 0. The van der Waals surface area contributed by atoms with Gasteiger partial charge >= 0.3 is 5.97 Å². The van der Waals surface area contributed by atoms with Crippen molar-refractivity contribution in [3.05, 3.63) is 29.8 Å². The van der Waals surface area contributed by atoms with Crippen molar-refractivity contribution in [1.29, 1.82) is 0 Å². The van der Waals surface area contributed by atoms with E-state index in [-0.39, 0.29) is 24.0 Å². The van der Waals surface area contributed by atoms with Crippen molar-refractivity contribution in [2.24, 2.45) is 17.6 Å². The van der Waals surface area contributed by atoms with Crippen LogP contribution in [0.5, 0.6) is 5.75 Å². The quantitative estimate of drug-likeness (QED) is 0.196. The predicted molar refractivity (Wildman–Crippen MR) is 125 cm³/mol. The van der Waals surface area contributed by atoms with E-state index in [1.807, 2.05) is 6.92 Å². The van der Waals surface area contributed by atoms with Crippen LogP contribution in [-0.4, -0.2) is 69.8 Å². The number of phenolic OH excluding ortho intramolecular Hbond substituents is 1. The number of hydrogen-bond donors (Lipinski definition) is 7. The van der Waals surface area contributed by atoms with Crippen LogP contribution in [0.15, 0.2) is 24.3 Å². The third-order valence-corrected chi connectivity index (χ3v) is 5.57. The van der Waals surface area contributed by atoms with Gasteiger partial charge in [0.05, 0.1) is 6.61 Å². The maximum absolute atomic E-state index is 13.1. The topological polar surface area (TPSA) is 191 Å². The highest BCUT2D eigenvalue weighted by Gasteiger charge is 2.33. The molecule has 0 aromatic heterocycles. The average molecular weight is 481 g/mol. The van der Waals surface area contributed by atoms with E-state index in [0.717, 1.165) is 0 Å². The minimum absolute atomic E-state index is 0.0209. The Morgan fingerprint density at radius 3 is 1.94 bits per heavy atom. The molecule has 1 aromatic carbocycles. The van der Waals surface area contributed by atoms with Crippen molar-refractivity contribution in [3.63, 3.8) is 0 Å². The first kappa shape index (κ1) is 28.9. The number of amides is 3. The lowest BCUT2D eigenvalue weighted by molar-refractivity contribution is -0.144. The normalized spacial score (nSPS) is 15.5. The number of aliphatic carboxylic acids is 1. The molecule has 34 heavy (non-hydrogen) atoms. The van der Waals surface area contributed by atoms with E-state index in [2.05, 4.69) is 16.0 Å². The molecule has 0 saturated carbocycles. The zero-order chi connectivity index (χ0) is 26.0. The molecule has 1 rings (SSSR count). The van der Waals surface area contributed by atoms with E-state index in [1.54, 1.807) is 32.9 Å². The molecule has 0 aliphatic carbocycles. The van der Waals surface area contributed by atoms with E-state index in [4.69, 9.17) is 10.8 Å². The molecule has 8 N–H and O–H groups in total. The molecule has 0 radical (unpaired) electrons. The highest BCUT2D eigenvalue weighted by atomic mass is 16.4. The number of nitrogens with one attached hydrogen (secondary N) is 3. The Morgan fingerprint density at radius 2 is 1.47 bits per heavy atom. The second-order valence-electron chi connectivity index (χ2n) is 8.66. The van der Waals surface area contributed by atoms with Crippen LogP contribution in [0.4, 0.5) is 0 Å². The third-order valence-electron chi connectivity index (χ3n) is 5.57. The van der Waals surface area contributed by atoms with Crippen molar-refractivity contribution in [1.82, 2.24) is 16.0 Å². The zero-order valence-electron chi connectivity index (χ0n) is 19.9. The largest absolute Gasteiger partial charge is 0.508 e. The molecule has 0 spiro atoms. The molecule has 0 saturated heterocycles. The monoisotopic (exact) mass is 480 g/mol. The van der Waals surface area contributed by atoms with Crippen LogP contribution in [0.3, 0.4) is 0 Å². The van der Waals surface area contributed by atoms with Crippen LogP contribution in [-0.2, 0) is 25.6 Å². The molecule has 1 aromatic rings. The highest BCUT2D eigenvalue weighted by Crippen LogP contribution is 2.13. The molecular weight excluding hydrogens is 444 g/mol. The van der Waals surface area contributed by atoms with Gasteiger partial charge in [0.15, 0.2) is 0 Å². The number of carboxylic acids is 1. The number of aliphatic hydroxyl groups is 1. The number of aliphatic hydroxyl groups excluding tert-OH is 1. The first-order valence-electron chi connectivity index (χ1n) is 11.2. The number of hydrogen-bond acceptors (Lipinski definition) is 7. The van der Waals surface area contributed by atoms with Crippen LogP contribution in [0.1, 0.15) is 39.7 Å². The Kier molecular flexibility index (Phi) is 11.5. The average Bonchev–Trinajstić information content (AvgIpc) is 2.79. The van der Waals surface area contributed by atoms with Gasteiger partial charge in [-0.2, -0.15) is 0 Å². The Labute approximate surface area is 199 Å². The van der Waals surface area contributed by atoms with Crippen molar-refractivity contribution in [2.75, 3.05) is 6.61 Å². The van der Waals surface area contributed by atoms with E-state index in [1.165, 1.54) is 12.1 Å². The van der Waals surface area contributed by atoms with E-state index >= 15 is 0 Å². The van der Waals surface area contributed by atoms with Gasteiger partial charge in [0.25, 0.3) is 0 Å². The van der Waals surface area contributed by atoms with Crippen LogP contribution >= 0.6 is 0 Å². The molecule has 0 bridgehead atoms. The fourth-order valence-electron chi connectivity index (χ4n) is 3.15. The number of phenols is 1. The third kappa shape index (κ3) is 8.64. The van der Waals surface area contributed by atoms with Crippen LogP contribution in [0, 0.1) is 11.8 Å². The van der Waals surface area contributed by atoms with Crippen molar-refractivity contribution >= 4 is 23.7 Å². The minimum atomic E-state index is -1.24. The smallest absolute Gasteiger partial charge is 0.326 e. The van der Waals surface area contributed by atoms with E-state index < -0.39 is 54.5 Å². The molecule has 5 atom stereocenters. The molecule has 0 heterocycles. The molecule has 11 nitrogen and oxygen atoms in total. The number of benzene rings is 1. The standard InChI is InChI=1S/C23H36N4O7/c1-5-13(4)19(23(33)34)27-22(32)18(12(2)3)26-21(31)17(25-20(30)16(24)11-28)10-14-6-8-15(29)9-7-14/h6-9,12-13,16-19,28-29H,5,10-11,24H2,1-4H3,(H,25,30)(H,26,31)(H,27,32)(H,33,34).